The molecular formula is C13H22O7Si. The summed E-state index contributed by atoms with van der Waals surface area (Å²) in [6, 6.07) is 0.117. The van der Waals surface area contributed by atoms with Crippen LogP contribution in [0.3, 0.4) is 0 Å². The molecule has 8 heteroatoms. The Balaban J connectivity index is 4.72. The van der Waals surface area contributed by atoms with Crippen molar-refractivity contribution >= 4 is 26.7 Å². The molecule has 0 saturated heterocycles. The zero-order valence-corrected chi connectivity index (χ0v) is 13.8. The van der Waals surface area contributed by atoms with Crippen molar-refractivity contribution < 1.29 is 32.4 Å². The van der Waals surface area contributed by atoms with E-state index >= 15 is 0 Å². The van der Waals surface area contributed by atoms with E-state index in [-0.39, 0.29) is 6.04 Å². The van der Waals surface area contributed by atoms with E-state index in [1.807, 2.05) is 13.0 Å². The fourth-order valence-electron chi connectivity index (χ4n) is 1.48. The summed E-state index contributed by atoms with van der Waals surface area (Å²) in [7, 11) is -3.71. The molecule has 0 amide bonds. The van der Waals surface area contributed by atoms with Crippen molar-refractivity contribution in [3.8, 4) is 0 Å². The minimum atomic E-state index is -3.71. The van der Waals surface area contributed by atoms with Crippen LogP contribution in [0, 0.1) is 0 Å². The zero-order valence-electron chi connectivity index (χ0n) is 12.8. The lowest BCUT2D eigenvalue weighted by Gasteiger charge is -2.26. The highest BCUT2D eigenvalue weighted by Gasteiger charge is 2.51. The highest BCUT2D eigenvalue weighted by Crippen LogP contribution is 2.19. The molecule has 0 heterocycles. The number of carbonyl (C=O) groups excluding carboxylic acids is 3. The monoisotopic (exact) mass is 318 g/mol. The number of allylic oxidation sites excluding steroid dienone is 1. The fourth-order valence-corrected chi connectivity index (χ4v) is 3.80. The van der Waals surface area contributed by atoms with E-state index in [2.05, 4.69) is 0 Å². The summed E-state index contributed by atoms with van der Waals surface area (Å²) < 4.78 is 20.3. The SMILES string of the molecule is CCC=COCCC[Si](OC(C)=O)(OC(C)=O)OC(C)=O. The van der Waals surface area contributed by atoms with Crippen molar-refractivity contribution in [2.24, 2.45) is 0 Å². The highest BCUT2D eigenvalue weighted by atomic mass is 28.4. The van der Waals surface area contributed by atoms with Crippen LogP contribution in [0.4, 0.5) is 0 Å². The van der Waals surface area contributed by atoms with Crippen LogP contribution < -0.4 is 0 Å². The molecule has 0 atom stereocenters. The summed E-state index contributed by atoms with van der Waals surface area (Å²) >= 11 is 0. The molecule has 7 nitrogen and oxygen atoms in total. The molecule has 0 rings (SSSR count). The van der Waals surface area contributed by atoms with Gasteiger partial charge < -0.3 is 18.0 Å². The third kappa shape index (κ3) is 9.66. The number of ether oxygens (including phenoxy) is 1. The second-order valence-corrected chi connectivity index (χ2v) is 6.70. The summed E-state index contributed by atoms with van der Waals surface area (Å²) in [5, 5.41) is 0. The van der Waals surface area contributed by atoms with Gasteiger partial charge in [0.05, 0.1) is 18.9 Å². The molecule has 0 aliphatic rings. The van der Waals surface area contributed by atoms with Gasteiger partial charge in [0.1, 0.15) is 0 Å². The molecule has 0 spiro atoms. The van der Waals surface area contributed by atoms with Crippen molar-refractivity contribution in [1.29, 1.82) is 0 Å². The molecule has 0 aromatic heterocycles. The van der Waals surface area contributed by atoms with Gasteiger partial charge in [0, 0.05) is 20.8 Å². The van der Waals surface area contributed by atoms with Crippen molar-refractivity contribution in [2.75, 3.05) is 6.61 Å². The number of hydrogen-bond acceptors (Lipinski definition) is 7. The third-order valence-corrected chi connectivity index (χ3v) is 4.83. The van der Waals surface area contributed by atoms with Crippen LogP contribution in [0.1, 0.15) is 40.5 Å². The first-order valence-corrected chi connectivity index (χ1v) is 8.60. The molecule has 0 bridgehead atoms. The lowest BCUT2D eigenvalue weighted by molar-refractivity contribution is -0.147. The predicted molar refractivity (Wildman–Crippen MR) is 75.9 cm³/mol. The molecule has 0 saturated carbocycles. The molecule has 0 fully saturated rings. The van der Waals surface area contributed by atoms with E-state index in [1.54, 1.807) is 6.26 Å². The maximum Gasteiger partial charge on any atom is 0.705 e. The van der Waals surface area contributed by atoms with Gasteiger partial charge in [-0.2, -0.15) is 0 Å². The minimum absolute atomic E-state index is 0.117. The highest BCUT2D eigenvalue weighted by molar-refractivity contribution is 6.65. The van der Waals surface area contributed by atoms with Gasteiger partial charge in [-0.3, -0.25) is 14.4 Å². The van der Waals surface area contributed by atoms with Gasteiger partial charge in [0.25, 0.3) is 17.9 Å². The summed E-state index contributed by atoms with van der Waals surface area (Å²) in [6.45, 7) is 5.79. The van der Waals surface area contributed by atoms with E-state index in [0.29, 0.717) is 13.0 Å². The van der Waals surface area contributed by atoms with Gasteiger partial charge >= 0.3 is 8.80 Å². The first-order chi connectivity index (χ1) is 9.81. The summed E-state index contributed by atoms with van der Waals surface area (Å²) in [4.78, 5) is 33.6. The van der Waals surface area contributed by atoms with Gasteiger partial charge in [-0.1, -0.05) is 13.0 Å². The summed E-state index contributed by atoms with van der Waals surface area (Å²) in [5.74, 6) is -2.01. The van der Waals surface area contributed by atoms with E-state index in [4.69, 9.17) is 18.0 Å². The molecule has 0 N–H and O–H groups in total. The summed E-state index contributed by atoms with van der Waals surface area (Å²) in [5.41, 5.74) is 0. The Morgan fingerprint density at radius 1 is 0.952 bits per heavy atom. The van der Waals surface area contributed by atoms with Crippen LogP contribution >= 0.6 is 0 Å². The van der Waals surface area contributed by atoms with Gasteiger partial charge in [0.2, 0.25) is 0 Å². The Kier molecular flexibility index (Phi) is 9.10. The molecular weight excluding hydrogens is 296 g/mol. The molecule has 0 radical (unpaired) electrons. The molecule has 21 heavy (non-hydrogen) atoms. The largest absolute Gasteiger partial charge is 0.705 e. The van der Waals surface area contributed by atoms with Crippen LogP contribution in [0.25, 0.3) is 0 Å². The van der Waals surface area contributed by atoms with Gasteiger partial charge in [-0.15, -0.1) is 0 Å². The number of carbonyl (C=O) groups is 3. The van der Waals surface area contributed by atoms with Gasteiger partial charge in [-0.25, -0.2) is 0 Å². The Labute approximate surface area is 125 Å². The smallest absolute Gasteiger partial charge is 0.502 e. The third-order valence-electron chi connectivity index (χ3n) is 2.07. The summed E-state index contributed by atoms with van der Waals surface area (Å²) in [6.07, 6.45) is 4.67. The molecule has 0 aromatic rings. The van der Waals surface area contributed by atoms with Crippen LogP contribution in [0.15, 0.2) is 12.3 Å². The quantitative estimate of drug-likeness (QED) is 0.364. The zero-order chi connectivity index (χ0) is 16.3. The van der Waals surface area contributed by atoms with Gasteiger partial charge in [0.15, 0.2) is 0 Å². The van der Waals surface area contributed by atoms with Crippen molar-refractivity contribution in [1.82, 2.24) is 0 Å². The normalized spacial score (nSPS) is 11.0. The second-order valence-electron chi connectivity index (χ2n) is 4.22. The maximum absolute atomic E-state index is 11.2. The Morgan fingerprint density at radius 2 is 1.43 bits per heavy atom. The molecule has 0 aliphatic heterocycles. The van der Waals surface area contributed by atoms with Crippen LogP contribution in [-0.2, 0) is 32.4 Å². The van der Waals surface area contributed by atoms with Crippen LogP contribution in [0.5, 0.6) is 0 Å². The topological polar surface area (TPSA) is 88.1 Å². The van der Waals surface area contributed by atoms with Crippen LogP contribution in [-0.4, -0.2) is 33.3 Å². The van der Waals surface area contributed by atoms with E-state index in [0.717, 1.165) is 27.2 Å². The maximum atomic E-state index is 11.2. The van der Waals surface area contributed by atoms with Gasteiger partial charge in [-0.05, 0) is 12.8 Å². The average molecular weight is 318 g/mol. The van der Waals surface area contributed by atoms with Crippen molar-refractivity contribution in [2.45, 2.75) is 46.6 Å². The fraction of sp³-hybridized carbons (Fsp3) is 0.615. The minimum Gasteiger partial charge on any atom is -0.502 e. The Hall–Kier alpha value is -1.83. The van der Waals surface area contributed by atoms with Crippen molar-refractivity contribution in [3.05, 3.63) is 12.3 Å². The number of rotatable bonds is 9. The lowest BCUT2D eigenvalue weighted by atomic mass is 10.5. The van der Waals surface area contributed by atoms with E-state index in [1.165, 1.54) is 0 Å². The molecule has 0 aliphatic carbocycles. The standard InChI is InChI=1S/C13H22O7Si/c1-5-6-8-17-9-7-10-21(18-11(2)14,19-12(3)15)20-13(4)16/h6,8H,5,7,9-10H2,1-4H3. The molecule has 120 valence electrons. The van der Waals surface area contributed by atoms with Crippen LogP contribution in [0.2, 0.25) is 6.04 Å². The second kappa shape index (κ2) is 9.98. The van der Waals surface area contributed by atoms with E-state index < -0.39 is 26.7 Å². The first-order valence-electron chi connectivity index (χ1n) is 6.66. The Morgan fingerprint density at radius 3 is 1.81 bits per heavy atom. The van der Waals surface area contributed by atoms with E-state index in [9.17, 15) is 14.4 Å². The van der Waals surface area contributed by atoms with Crippen molar-refractivity contribution in [3.63, 3.8) is 0 Å². The molecule has 0 aromatic carbocycles. The number of hydrogen-bond donors (Lipinski definition) is 0. The predicted octanol–water partition coefficient (Wildman–Crippen LogP) is 1.94. The molecule has 0 unspecified atom stereocenters. The lowest BCUT2D eigenvalue weighted by Crippen LogP contribution is -2.49. The Bertz CT molecular complexity index is 351. The average Bonchev–Trinajstić information content (AvgIpc) is 2.30. The first kappa shape index (κ1) is 19.2.